The second-order valence-corrected chi connectivity index (χ2v) is 8.63. The molecule has 0 atom stereocenters. The monoisotopic (exact) mass is 513 g/mol. The number of furan rings is 1. The van der Waals surface area contributed by atoms with Crippen LogP contribution in [0.3, 0.4) is 0 Å². The Bertz CT molecular complexity index is 1270. The molecule has 2 aromatic carbocycles. The van der Waals surface area contributed by atoms with Gasteiger partial charge in [0.1, 0.15) is 18.1 Å². The van der Waals surface area contributed by atoms with Crippen molar-refractivity contribution >= 4 is 39.3 Å². The van der Waals surface area contributed by atoms with E-state index < -0.39 is 5.91 Å². The Kier molecular flexibility index (Phi) is 6.67. The lowest BCUT2D eigenvalue weighted by Crippen LogP contribution is -2.12. The summed E-state index contributed by atoms with van der Waals surface area (Å²) in [6, 6.07) is 16.8. The molecule has 0 fully saturated rings. The molecule has 8 heteroatoms. The molecule has 32 heavy (non-hydrogen) atoms. The number of carbonyl (C=O) groups is 1. The first-order chi connectivity index (χ1) is 15.4. The average Bonchev–Trinajstić information content (AvgIpc) is 3.37. The minimum absolute atomic E-state index is 0.177. The fourth-order valence-corrected chi connectivity index (χ4v) is 3.68. The second kappa shape index (κ2) is 9.63. The van der Waals surface area contributed by atoms with Crippen molar-refractivity contribution in [1.29, 1.82) is 0 Å². The molecule has 0 saturated carbocycles. The van der Waals surface area contributed by atoms with Gasteiger partial charge < -0.3 is 14.5 Å². The van der Waals surface area contributed by atoms with Crippen molar-refractivity contribution in [3.63, 3.8) is 0 Å². The summed E-state index contributed by atoms with van der Waals surface area (Å²) in [5.41, 5.74) is 3.29. The molecule has 0 spiro atoms. The van der Waals surface area contributed by atoms with Gasteiger partial charge in [0.25, 0.3) is 5.91 Å². The van der Waals surface area contributed by atoms with Gasteiger partial charge in [0.05, 0.1) is 11.0 Å². The van der Waals surface area contributed by atoms with Crippen LogP contribution in [-0.4, -0.2) is 15.7 Å². The van der Waals surface area contributed by atoms with Crippen LogP contribution < -0.4 is 10.1 Å². The number of benzene rings is 2. The summed E-state index contributed by atoms with van der Waals surface area (Å²) >= 11 is 9.66. The van der Waals surface area contributed by atoms with Gasteiger partial charge in [-0.2, -0.15) is 5.10 Å². The van der Waals surface area contributed by atoms with Gasteiger partial charge in [0.15, 0.2) is 11.6 Å². The van der Waals surface area contributed by atoms with Crippen molar-refractivity contribution < 1.29 is 13.9 Å². The van der Waals surface area contributed by atoms with Gasteiger partial charge in [-0.3, -0.25) is 9.48 Å². The van der Waals surface area contributed by atoms with E-state index in [0.717, 1.165) is 16.9 Å². The molecule has 0 unspecified atom stereocenters. The van der Waals surface area contributed by atoms with E-state index in [1.54, 1.807) is 23.0 Å². The summed E-state index contributed by atoms with van der Waals surface area (Å²) < 4.78 is 13.8. The third-order valence-corrected chi connectivity index (χ3v) is 5.93. The Labute approximate surface area is 199 Å². The summed E-state index contributed by atoms with van der Waals surface area (Å²) in [7, 11) is 0. The predicted molar refractivity (Wildman–Crippen MR) is 127 cm³/mol. The average molecular weight is 515 g/mol. The van der Waals surface area contributed by atoms with Crippen LogP contribution in [0.4, 0.5) is 5.82 Å². The van der Waals surface area contributed by atoms with Crippen LogP contribution in [0.25, 0.3) is 0 Å². The van der Waals surface area contributed by atoms with E-state index in [9.17, 15) is 4.79 Å². The first-order valence-corrected chi connectivity index (χ1v) is 11.1. The van der Waals surface area contributed by atoms with Gasteiger partial charge in [-0.1, -0.05) is 35.9 Å². The third-order valence-electron chi connectivity index (χ3n) is 4.98. The molecule has 0 aliphatic carbocycles. The van der Waals surface area contributed by atoms with Crippen LogP contribution in [0.5, 0.6) is 5.75 Å². The lowest BCUT2D eigenvalue weighted by atomic mass is 10.1. The zero-order valence-electron chi connectivity index (χ0n) is 17.6. The first kappa shape index (κ1) is 22.2. The van der Waals surface area contributed by atoms with Gasteiger partial charge in [-0.05, 0) is 76.8 Å². The van der Waals surface area contributed by atoms with Crippen LogP contribution >= 0.6 is 27.5 Å². The highest BCUT2D eigenvalue weighted by Crippen LogP contribution is 2.24. The maximum Gasteiger partial charge on any atom is 0.292 e. The van der Waals surface area contributed by atoms with Crippen LogP contribution in [0.2, 0.25) is 5.02 Å². The lowest BCUT2D eigenvalue weighted by Gasteiger charge is -2.07. The smallest absolute Gasteiger partial charge is 0.292 e. The fourth-order valence-electron chi connectivity index (χ4n) is 3.07. The highest BCUT2D eigenvalue weighted by molar-refractivity contribution is 9.10. The quantitative estimate of drug-likeness (QED) is 0.310. The Hall–Kier alpha value is -3.03. The van der Waals surface area contributed by atoms with E-state index >= 15 is 0 Å². The molecule has 1 N–H and O–H groups in total. The van der Waals surface area contributed by atoms with Crippen LogP contribution in [-0.2, 0) is 13.2 Å². The Balaban J connectivity index is 1.38. The summed E-state index contributed by atoms with van der Waals surface area (Å²) in [4.78, 5) is 12.6. The van der Waals surface area contributed by atoms with Gasteiger partial charge in [0.2, 0.25) is 0 Å². The normalized spacial score (nSPS) is 10.9. The number of nitrogens with one attached hydrogen (secondary N) is 1. The lowest BCUT2D eigenvalue weighted by molar-refractivity contribution is 0.0992. The summed E-state index contributed by atoms with van der Waals surface area (Å²) in [5, 5.41) is 7.85. The minimum Gasteiger partial charge on any atom is -0.486 e. The largest absolute Gasteiger partial charge is 0.486 e. The van der Waals surface area contributed by atoms with Gasteiger partial charge >= 0.3 is 0 Å². The zero-order chi connectivity index (χ0) is 22.7. The highest BCUT2D eigenvalue weighted by atomic mass is 79.9. The standard InChI is InChI=1S/C24H21BrClN3O3/c1-15-7-8-18(11-16(15)2)31-14-19-9-10-22(32-19)24(30)27-23-20(25)13-29(28-23)12-17-5-3-4-6-21(17)26/h3-11,13H,12,14H2,1-2H3,(H,27,28,30). The number of hydrogen-bond donors (Lipinski definition) is 1. The topological polar surface area (TPSA) is 69.3 Å². The van der Waals surface area contributed by atoms with Crippen molar-refractivity contribution in [1.82, 2.24) is 9.78 Å². The van der Waals surface area contributed by atoms with Gasteiger partial charge in [-0.15, -0.1) is 0 Å². The number of carbonyl (C=O) groups excluding carboxylic acids is 1. The minimum atomic E-state index is -0.397. The van der Waals surface area contributed by atoms with Gasteiger partial charge in [-0.25, -0.2) is 0 Å². The maximum absolute atomic E-state index is 12.6. The van der Waals surface area contributed by atoms with Gasteiger partial charge in [0, 0.05) is 11.2 Å². The highest BCUT2D eigenvalue weighted by Gasteiger charge is 2.16. The van der Waals surface area contributed by atoms with Crippen LogP contribution in [0.15, 0.2) is 69.7 Å². The molecule has 164 valence electrons. The van der Waals surface area contributed by atoms with Crippen molar-refractivity contribution in [2.45, 2.75) is 27.0 Å². The summed E-state index contributed by atoms with van der Waals surface area (Å²) in [6.07, 6.45) is 1.78. The molecule has 0 saturated heterocycles. The Morgan fingerprint density at radius 2 is 1.97 bits per heavy atom. The number of amides is 1. The van der Waals surface area contributed by atoms with Crippen molar-refractivity contribution in [2.24, 2.45) is 0 Å². The van der Waals surface area contributed by atoms with E-state index in [1.807, 2.05) is 49.4 Å². The molecule has 6 nitrogen and oxygen atoms in total. The van der Waals surface area contributed by atoms with Crippen LogP contribution in [0.1, 0.15) is 33.0 Å². The Morgan fingerprint density at radius 3 is 2.75 bits per heavy atom. The van der Waals surface area contributed by atoms with Crippen molar-refractivity contribution in [3.05, 3.63) is 98.5 Å². The molecule has 0 aliphatic rings. The number of ether oxygens (including phenoxy) is 1. The number of halogens is 2. The molecule has 2 heterocycles. The number of nitrogens with zero attached hydrogens (tertiary/aromatic N) is 2. The Morgan fingerprint density at radius 1 is 1.16 bits per heavy atom. The van der Waals surface area contributed by atoms with E-state index in [-0.39, 0.29) is 12.4 Å². The SMILES string of the molecule is Cc1ccc(OCc2ccc(C(=O)Nc3nn(Cc4ccccc4Cl)cc3Br)o2)cc1C. The molecule has 1 amide bonds. The second-order valence-electron chi connectivity index (χ2n) is 7.37. The van der Waals surface area contributed by atoms with Crippen molar-refractivity contribution in [3.8, 4) is 5.75 Å². The molecular formula is C24H21BrClN3O3. The molecule has 4 aromatic rings. The van der Waals surface area contributed by atoms with Crippen LogP contribution in [0, 0.1) is 13.8 Å². The number of aryl methyl sites for hydroxylation is 2. The molecule has 0 bridgehead atoms. The van der Waals surface area contributed by atoms with E-state index in [0.29, 0.717) is 27.6 Å². The molecular weight excluding hydrogens is 494 g/mol. The zero-order valence-corrected chi connectivity index (χ0v) is 19.9. The molecule has 0 radical (unpaired) electrons. The third kappa shape index (κ3) is 5.23. The summed E-state index contributed by atoms with van der Waals surface area (Å²) in [6.45, 7) is 4.79. The van der Waals surface area contributed by atoms with Crippen molar-refractivity contribution in [2.75, 3.05) is 5.32 Å². The number of hydrogen-bond acceptors (Lipinski definition) is 4. The molecule has 2 aromatic heterocycles. The van der Waals surface area contributed by atoms with E-state index in [1.165, 1.54) is 5.56 Å². The number of anilines is 1. The first-order valence-electron chi connectivity index (χ1n) is 9.95. The maximum atomic E-state index is 12.6. The molecule has 4 rings (SSSR count). The fraction of sp³-hybridized carbons (Fsp3) is 0.167. The number of aromatic nitrogens is 2. The number of rotatable bonds is 7. The predicted octanol–water partition coefficient (Wildman–Crippen LogP) is 6.39. The van der Waals surface area contributed by atoms with E-state index in [2.05, 4.69) is 33.3 Å². The summed E-state index contributed by atoms with van der Waals surface area (Å²) in [5.74, 6) is 1.48. The van der Waals surface area contributed by atoms with E-state index in [4.69, 9.17) is 20.8 Å². The molecule has 0 aliphatic heterocycles.